The van der Waals surface area contributed by atoms with Crippen molar-refractivity contribution in [1.82, 2.24) is 0 Å². The van der Waals surface area contributed by atoms with Crippen LogP contribution >= 0.6 is 15.9 Å². The number of nitro benzene ring substituents is 1. The minimum atomic E-state index is -0.991. The Labute approximate surface area is 99.6 Å². The van der Waals surface area contributed by atoms with Crippen molar-refractivity contribution in [3.05, 3.63) is 32.8 Å². The molecule has 7 heteroatoms. The first-order valence-electron chi connectivity index (χ1n) is 4.35. The van der Waals surface area contributed by atoms with Gasteiger partial charge < -0.3 is 10.4 Å². The Hall–Kier alpha value is -1.63. The van der Waals surface area contributed by atoms with Gasteiger partial charge in [0.25, 0.3) is 5.69 Å². The molecular weight excluding hydrogens is 280 g/mol. The molecule has 2 N–H and O–H groups in total. The molecule has 0 aromatic heterocycles. The second-order valence-electron chi connectivity index (χ2n) is 3.13. The molecule has 0 amide bonds. The molecule has 0 radical (unpaired) electrons. The molecule has 0 aliphatic carbocycles. The first-order chi connectivity index (χ1) is 7.41. The maximum Gasteiger partial charge on any atom is 0.325 e. The molecule has 6 nitrogen and oxygen atoms in total. The van der Waals surface area contributed by atoms with Crippen LogP contribution in [-0.2, 0) is 4.79 Å². The highest BCUT2D eigenvalue weighted by Gasteiger charge is 2.14. The fourth-order valence-corrected chi connectivity index (χ4v) is 1.58. The van der Waals surface area contributed by atoms with Crippen LogP contribution in [0.1, 0.15) is 6.92 Å². The van der Waals surface area contributed by atoms with Crippen molar-refractivity contribution >= 4 is 33.3 Å². The van der Waals surface area contributed by atoms with Crippen molar-refractivity contribution in [2.45, 2.75) is 13.0 Å². The van der Waals surface area contributed by atoms with Gasteiger partial charge in [-0.3, -0.25) is 14.9 Å². The Morgan fingerprint density at radius 2 is 2.25 bits per heavy atom. The van der Waals surface area contributed by atoms with Gasteiger partial charge in [-0.25, -0.2) is 0 Å². The number of nitrogens with zero attached hydrogens (tertiary/aromatic N) is 1. The van der Waals surface area contributed by atoms with Crippen LogP contribution in [-0.4, -0.2) is 22.0 Å². The van der Waals surface area contributed by atoms with Gasteiger partial charge >= 0.3 is 5.97 Å². The second kappa shape index (κ2) is 4.93. The predicted octanol–water partition coefficient (Wildman–Crippen LogP) is 2.24. The molecular formula is C9H9BrN2O4. The second-order valence-corrected chi connectivity index (χ2v) is 3.98. The molecule has 16 heavy (non-hydrogen) atoms. The number of hydrogen-bond donors (Lipinski definition) is 2. The smallest absolute Gasteiger partial charge is 0.325 e. The predicted molar refractivity (Wildman–Crippen MR) is 61.5 cm³/mol. The zero-order chi connectivity index (χ0) is 12.3. The summed E-state index contributed by atoms with van der Waals surface area (Å²) in [5, 5.41) is 21.9. The van der Waals surface area contributed by atoms with Crippen molar-refractivity contribution in [2.75, 3.05) is 5.32 Å². The average Bonchev–Trinajstić information content (AvgIpc) is 2.16. The van der Waals surface area contributed by atoms with Gasteiger partial charge in [-0.1, -0.05) is 0 Å². The normalized spacial score (nSPS) is 11.9. The highest BCUT2D eigenvalue weighted by atomic mass is 79.9. The van der Waals surface area contributed by atoms with Crippen LogP contribution in [0.3, 0.4) is 0 Å². The van der Waals surface area contributed by atoms with Crippen molar-refractivity contribution in [2.24, 2.45) is 0 Å². The molecule has 0 aliphatic heterocycles. The molecule has 86 valence electrons. The number of nitro groups is 1. The minimum absolute atomic E-state index is 0.0615. The number of anilines is 1. The Kier molecular flexibility index (Phi) is 3.83. The zero-order valence-corrected chi connectivity index (χ0v) is 9.89. The van der Waals surface area contributed by atoms with E-state index < -0.39 is 16.9 Å². The molecule has 1 atom stereocenters. The van der Waals surface area contributed by atoms with Gasteiger partial charge in [-0.2, -0.15) is 0 Å². The molecule has 0 fully saturated rings. The van der Waals surface area contributed by atoms with E-state index in [0.29, 0.717) is 10.2 Å². The van der Waals surface area contributed by atoms with E-state index >= 15 is 0 Å². The molecule has 1 unspecified atom stereocenters. The Bertz CT molecular complexity index is 436. The molecule has 0 aliphatic rings. The average molecular weight is 289 g/mol. The van der Waals surface area contributed by atoms with Crippen LogP contribution < -0.4 is 5.32 Å². The van der Waals surface area contributed by atoms with Crippen molar-refractivity contribution in [1.29, 1.82) is 0 Å². The van der Waals surface area contributed by atoms with E-state index in [-0.39, 0.29) is 5.69 Å². The van der Waals surface area contributed by atoms with E-state index in [1.165, 1.54) is 25.1 Å². The number of carbonyl (C=O) groups is 1. The molecule has 0 saturated carbocycles. The largest absolute Gasteiger partial charge is 0.480 e. The van der Waals surface area contributed by atoms with E-state index in [4.69, 9.17) is 5.11 Å². The lowest BCUT2D eigenvalue weighted by Gasteiger charge is -2.10. The van der Waals surface area contributed by atoms with Gasteiger partial charge in [0.2, 0.25) is 0 Å². The number of nitrogens with one attached hydrogen (secondary N) is 1. The topological polar surface area (TPSA) is 92.5 Å². The lowest BCUT2D eigenvalue weighted by atomic mass is 10.2. The van der Waals surface area contributed by atoms with E-state index in [1.807, 2.05) is 0 Å². The fraction of sp³-hybridized carbons (Fsp3) is 0.222. The van der Waals surface area contributed by atoms with Crippen molar-refractivity contribution < 1.29 is 14.8 Å². The standard InChI is InChI=1S/C9H9BrN2O4/c1-5(9(13)14)11-6-2-3-8(12(15)16)7(10)4-6/h2-5,11H,1H3,(H,13,14). The molecule has 1 aromatic rings. The number of benzene rings is 1. The van der Waals surface area contributed by atoms with Crippen LogP contribution in [0.25, 0.3) is 0 Å². The Balaban J connectivity index is 2.89. The number of halogens is 1. The lowest BCUT2D eigenvalue weighted by molar-refractivity contribution is -0.385. The summed E-state index contributed by atoms with van der Waals surface area (Å²) in [6, 6.07) is 3.48. The molecule has 1 rings (SSSR count). The SMILES string of the molecule is CC(Nc1ccc([N+](=O)[O-])c(Br)c1)C(=O)O. The van der Waals surface area contributed by atoms with Gasteiger partial charge in [0.05, 0.1) is 9.40 Å². The highest BCUT2D eigenvalue weighted by Crippen LogP contribution is 2.27. The maximum atomic E-state index is 10.6. The van der Waals surface area contributed by atoms with Gasteiger partial charge in [0.1, 0.15) is 6.04 Å². The third kappa shape index (κ3) is 2.93. The summed E-state index contributed by atoms with van der Waals surface area (Å²) in [6.07, 6.45) is 0. The molecule has 0 spiro atoms. The van der Waals surface area contributed by atoms with Crippen LogP contribution in [0, 0.1) is 10.1 Å². The summed E-state index contributed by atoms with van der Waals surface area (Å²) < 4.78 is 0.306. The Morgan fingerprint density at radius 3 is 2.69 bits per heavy atom. The number of carboxylic acids is 1. The third-order valence-electron chi connectivity index (χ3n) is 1.90. The van der Waals surface area contributed by atoms with Crippen molar-refractivity contribution in [3.8, 4) is 0 Å². The monoisotopic (exact) mass is 288 g/mol. The molecule has 0 saturated heterocycles. The number of aliphatic carboxylic acids is 1. The van der Waals surface area contributed by atoms with Crippen LogP contribution in [0.15, 0.2) is 22.7 Å². The number of hydrogen-bond acceptors (Lipinski definition) is 4. The highest BCUT2D eigenvalue weighted by molar-refractivity contribution is 9.10. The minimum Gasteiger partial charge on any atom is -0.480 e. The third-order valence-corrected chi connectivity index (χ3v) is 2.53. The first kappa shape index (κ1) is 12.4. The van der Waals surface area contributed by atoms with Crippen LogP contribution in [0.2, 0.25) is 0 Å². The zero-order valence-electron chi connectivity index (χ0n) is 8.31. The van der Waals surface area contributed by atoms with Crippen LogP contribution in [0.5, 0.6) is 0 Å². The number of rotatable bonds is 4. The molecule has 1 aromatic carbocycles. The summed E-state index contributed by atoms with van der Waals surface area (Å²) in [7, 11) is 0. The summed E-state index contributed by atoms with van der Waals surface area (Å²) in [6.45, 7) is 1.48. The van der Waals surface area contributed by atoms with Crippen LogP contribution in [0.4, 0.5) is 11.4 Å². The number of carboxylic acid groups (broad SMARTS) is 1. The lowest BCUT2D eigenvalue weighted by Crippen LogP contribution is -2.25. The van der Waals surface area contributed by atoms with Gasteiger partial charge in [-0.05, 0) is 35.0 Å². The van der Waals surface area contributed by atoms with Gasteiger partial charge in [0, 0.05) is 11.8 Å². The van der Waals surface area contributed by atoms with Gasteiger partial charge in [-0.15, -0.1) is 0 Å². The summed E-state index contributed by atoms with van der Waals surface area (Å²) >= 11 is 3.05. The Morgan fingerprint density at radius 1 is 1.62 bits per heavy atom. The molecule has 0 heterocycles. The van der Waals surface area contributed by atoms with E-state index in [1.54, 1.807) is 0 Å². The fourth-order valence-electron chi connectivity index (χ4n) is 1.06. The quantitative estimate of drug-likeness (QED) is 0.655. The van der Waals surface area contributed by atoms with E-state index in [2.05, 4.69) is 21.2 Å². The first-order valence-corrected chi connectivity index (χ1v) is 5.14. The van der Waals surface area contributed by atoms with Gasteiger partial charge in [0.15, 0.2) is 0 Å². The summed E-state index contributed by atoms with van der Waals surface area (Å²) in [5.74, 6) is -0.991. The van der Waals surface area contributed by atoms with E-state index in [9.17, 15) is 14.9 Å². The van der Waals surface area contributed by atoms with Crippen molar-refractivity contribution in [3.63, 3.8) is 0 Å². The summed E-state index contributed by atoms with van der Waals surface area (Å²) in [5.41, 5.74) is 0.445. The van der Waals surface area contributed by atoms with E-state index in [0.717, 1.165) is 0 Å². The summed E-state index contributed by atoms with van der Waals surface area (Å²) in [4.78, 5) is 20.6. The molecule has 0 bridgehead atoms. The maximum absolute atomic E-state index is 10.6.